The van der Waals surface area contributed by atoms with E-state index in [0.29, 0.717) is 21.7 Å². The Hall–Kier alpha value is -5.61. The van der Waals surface area contributed by atoms with Crippen molar-refractivity contribution in [3.63, 3.8) is 0 Å². The first-order valence-corrected chi connectivity index (χ1v) is 37.4. The van der Waals surface area contributed by atoms with Gasteiger partial charge in [-0.1, -0.05) is 289 Å². The maximum Gasteiger partial charge on any atom is 0.115 e. The molecular weight excluding hydrogens is 1190 g/mol. The number of pyridine rings is 4. The number of hydrogen-bond donors (Lipinski definition) is 0. The second-order valence-corrected chi connectivity index (χ2v) is 33.2. The highest BCUT2D eigenvalue weighted by Gasteiger charge is 2.58. The third kappa shape index (κ3) is 13.9. The smallest absolute Gasteiger partial charge is 0.115 e. The SMILES string of the molecule is CC.CC.CC.CC.CC.CC.CC1(C)c2cccnc2C1(C)C.CC1(C)c2cccnc2C1(C)C.CC1(C)c2ccncc2C1(C)C.CC1(C)c2ccncc2C1(C)C.CC1(C)c2cncnc2C1(C)C.CC1(C)c2nccnc2C1(C)C.Cc1nsc2c1C(C)(C)C2(C)C. The number of hydrogen-bond acceptors (Lipinski definition) is 10. The van der Waals surface area contributed by atoms with Crippen molar-refractivity contribution < 1.29 is 0 Å². The molecule has 0 aliphatic heterocycles. The van der Waals surface area contributed by atoms with E-state index in [9.17, 15) is 0 Å². The number of rotatable bonds is 0. The molecule has 0 saturated carbocycles. The highest BCUT2D eigenvalue weighted by Crippen LogP contribution is 2.60. The number of aromatic nitrogens is 9. The molecule has 0 saturated heterocycles. The second kappa shape index (κ2) is 31.3. The molecule has 7 aliphatic rings. The van der Waals surface area contributed by atoms with E-state index in [0.717, 1.165) is 11.4 Å². The fraction of sp³-hybridized carbons (Fsp3) is 0.640. The van der Waals surface area contributed by atoms with E-state index in [2.05, 4.69) is 269 Å². The number of aryl methyl sites for hydroxylation is 1. The Morgan fingerprint density at radius 3 is 0.844 bits per heavy atom. The molecule has 0 bridgehead atoms. The Morgan fingerprint density at radius 1 is 0.250 bits per heavy atom. The highest BCUT2D eigenvalue weighted by molar-refractivity contribution is 7.06. The van der Waals surface area contributed by atoms with Crippen molar-refractivity contribution in [2.75, 3.05) is 0 Å². The Labute approximate surface area is 594 Å². The molecule has 534 valence electrons. The molecule has 0 unspecified atom stereocenters. The summed E-state index contributed by atoms with van der Waals surface area (Å²) in [4.78, 5) is 35.7. The Balaban J connectivity index is 0.000000371. The van der Waals surface area contributed by atoms with Gasteiger partial charge in [0.1, 0.15) is 6.33 Å². The zero-order valence-corrected chi connectivity index (χ0v) is 70.0. The summed E-state index contributed by atoms with van der Waals surface area (Å²) in [5, 5.41) is 0. The molecule has 10 heteroatoms. The third-order valence-electron chi connectivity index (χ3n) is 25.3. The second-order valence-electron chi connectivity index (χ2n) is 32.4. The summed E-state index contributed by atoms with van der Waals surface area (Å²) in [5.74, 6) is 0. The first-order valence-electron chi connectivity index (χ1n) is 36.7. The van der Waals surface area contributed by atoms with Gasteiger partial charge in [-0.05, 0) is 98.1 Å². The summed E-state index contributed by atoms with van der Waals surface area (Å²) in [6.45, 7) is 89.8. The van der Waals surface area contributed by atoms with Crippen LogP contribution in [0.25, 0.3) is 0 Å². The van der Waals surface area contributed by atoms with E-state index >= 15 is 0 Å². The first kappa shape index (κ1) is 86.5. The average molecular weight is 1330 g/mol. The highest BCUT2D eigenvalue weighted by atomic mass is 32.1. The monoisotopic (exact) mass is 1330 g/mol. The molecular formula is C86H139N9S. The van der Waals surface area contributed by atoms with Crippen molar-refractivity contribution in [1.82, 2.24) is 44.2 Å². The normalized spacial score (nSPS) is 20.3. The maximum absolute atomic E-state index is 4.41. The van der Waals surface area contributed by atoms with E-state index in [1.807, 2.05) is 139 Å². The minimum Gasteiger partial charge on any atom is -0.264 e. The van der Waals surface area contributed by atoms with Crippen LogP contribution in [-0.2, 0) is 75.8 Å². The summed E-state index contributed by atoms with van der Waals surface area (Å²) in [5.41, 5.74) is 22.4. The fourth-order valence-electron chi connectivity index (χ4n) is 13.8. The van der Waals surface area contributed by atoms with E-state index in [-0.39, 0.29) is 54.1 Å². The molecule has 96 heavy (non-hydrogen) atoms. The van der Waals surface area contributed by atoms with Crippen LogP contribution in [0.5, 0.6) is 0 Å². The van der Waals surface area contributed by atoms with Crippen molar-refractivity contribution in [2.45, 2.75) is 360 Å². The molecule has 9 nitrogen and oxygen atoms in total. The lowest BCUT2D eigenvalue weighted by molar-refractivity contribution is 0.221. The molecule has 14 rings (SSSR count). The van der Waals surface area contributed by atoms with Gasteiger partial charge in [-0.25, -0.2) is 9.97 Å². The minimum atomic E-state index is 0.177. The van der Waals surface area contributed by atoms with Crippen LogP contribution in [0.4, 0.5) is 0 Å². The van der Waals surface area contributed by atoms with Crippen molar-refractivity contribution >= 4 is 11.5 Å². The van der Waals surface area contributed by atoms with Crippen molar-refractivity contribution in [1.29, 1.82) is 0 Å². The zero-order chi connectivity index (χ0) is 75.0. The van der Waals surface area contributed by atoms with Gasteiger partial charge in [-0.15, -0.1) is 0 Å². The average Bonchev–Trinajstić information content (AvgIpc) is 1.19. The Bertz CT molecular complexity index is 2890. The summed E-state index contributed by atoms with van der Waals surface area (Å²) in [6.07, 6.45) is 18.7. The van der Waals surface area contributed by atoms with Crippen LogP contribution in [0.1, 0.15) is 360 Å². The van der Waals surface area contributed by atoms with Gasteiger partial charge in [0, 0.05) is 126 Å². The number of fused-ring (bicyclic) bond motifs is 7. The molecule has 0 amide bonds. The van der Waals surface area contributed by atoms with Crippen molar-refractivity contribution in [3.05, 3.63) is 182 Å². The van der Waals surface area contributed by atoms with Gasteiger partial charge in [-0.2, -0.15) is 4.37 Å². The van der Waals surface area contributed by atoms with Crippen molar-refractivity contribution in [3.8, 4) is 0 Å². The Morgan fingerprint density at radius 2 is 0.531 bits per heavy atom. The summed E-state index contributed by atoms with van der Waals surface area (Å²) >= 11 is 1.68. The van der Waals surface area contributed by atoms with Gasteiger partial charge in [0.15, 0.2) is 0 Å². The minimum absolute atomic E-state index is 0.177. The lowest BCUT2D eigenvalue weighted by Gasteiger charge is -2.53. The van der Waals surface area contributed by atoms with Crippen LogP contribution in [0.2, 0.25) is 0 Å². The van der Waals surface area contributed by atoms with Crippen molar-refractivity contribution in [2.24, 2.45) is 0 Å². The third-order valence-corrected chi connectivity index (χ3v) is 26.6. The van der Waals surface area contributed by atoms with E-state index < -0.39 is 0 Å². The molecule has 7 heterocycles. The van der Waals surface area contributed by atoms with Gasteiger partial charge in [0.25, 0.3) is 0 Å². The van der Waals surface area contributed by atoms with Gasteiger partial charge >= 0.3 is 0 Å². The quantitative estimate of drug-likeness (QED) is 0.146. The van der Waals surface area contributed by atoms with Crippen LogP contribution >= 0.6 is 11.5 Å². The van der Waals surface area contributed by atoms with E-state index in [1.54, 1.807) is 30.3 Å². The predicted molar refractivity (Wildman–Crippen MR) is 418 cm³/mol. The summed E-state index contributed by atoms with van der Waals surface area (Å²) < 4.78 is 4.41. The molecule has 0 spiro atoms. The van der Waals surface area contributed by atoms with Gasteiger partial charge in [0.2, 0.25) is 0 Å². The topological polar surface area (TPSA) is 116 Å². The molecule has 0 radical (unpaired) electrons. The van der Waals surface area contributed by atoms with Gasteiger partial charge in [0.05, 0.1) is 34.2 Å². The largest absolute Gasteiger partial charge is 0.264 e. The first-order chi connectivity index (χ1) is 44.3. The molecule has 7 aromatic heterocycles. The molecule has 7 aliphatic carbocycles. The molecule has 0 aromatic carbocycles. The van der Waals surface area contributed by atoms with E-state index in [4.69, 9.17) is 0 Å². The fourth-order valence-corrected chi connectivity index (χ4v) is 15.1. The van der Waals surface area contributed by atoms with Crippen LogP contribution in [-0.4, -0.2) is 44.2 Å². The molecule has 0 atom stereocenters. The Kier molecular flexibility index (Phi) is 28.2. The standard InChI is InChI=1S/4C11H15N.2C10H14N2.C10H15NS.6C2H6/c2*1-10(2)8-5-6-12-7-9(8)11(10,3)4;2*1-10(2)8-6-5-7-12-9(8)11(10,3)4;1-9(2)7-5-11-6-12-8(7)10(9,3)4;1-9(2)7-8(10(9,3)4)12-6-5-11-7;1-6-7-8(12-11-6)10(4,5)9(7,2)3;6*1-2/h4*5-7H,1-4H3;2*5-6H,1-4H3;1-5H3;6*1-2H3. The van der Waals surface area contributed by atoms with E-state index in [1.165, 1.54) is 72.2 Å². The van der Waals surface area contributed by atoms with Crippen LogP contribution in [0, 0.1) is 6.92 Å². The molecule has 0 N–H and O–H groups in total. The van der Waals surface area contributed by atoms with Gasteiger partial charge in [-0.3, -0.25) is 29.9 Å². The number of nitrogens with zero attached hydrogens (tertiary/aromatic N) is 9. The molecule has 0 fully saturated rings. The summed E-state index contributed by atoms with van der Waals surface area (Å²) in [7, 11) is 0. The molecule has 7 aromatic rings. The van der Waals surface area contributed by atoms with Crippen LogP contribution in [0.3, 0.4) is 0 Å². The maximum atomic E-state index is 4.41. The van der Waals surface area contributed by atoms with Gasteiger partial charge < -0.3 is 0 Å². The van der Waals surface area contributed by atoms with Crippen LogP contribution in [0.15, 0.2) is 98.5 Å². The zero-order valence-electron chi connectivity index (χ0n) is 69.2. The summed E-state index contributed by atoms with van der Waals surface area (Å²) in [6, 6.07) is 12.7. The predicted octanol–water partition coefficient (Wildman–Crippen LogP) is 23.9. The lowest BCUT2D eigenvalue weighted by Crippen LogP contribution is -2.52. The van der Waals surface area contributed by atoms with Crippen LogP contribution < -0.4 is 0 Å². The lowest BCUT2D eigenvalue weighted by atomic mass is 9.50.